The first-order valence-corrected chi connectivity index (χ1v) is 10.0. The van der Waals surface area contributed by atoms with E-state index in [9.17, 15) is 9.18 Å². The predicted molar refractivity (Wildman–Crippen MR) is 111 cm³/mol. The molecule has 0 bridgehead atoms. The average molecular weight is 392 g/mol. The second-order valence-corrected chi connectivity index (χ2v) is 7.60. The topological polar surface area (TPSA) is 42.4 Å². The van der Waals surface area contributed by atoms with E-state index < -0.39 is 0 Å². The van der Waals surface area contributed by atoms with Crippen LogP contribution in [-0.2, 0) is 4.74 Å². The molecule has 150 valence electrons. The first-order chi connectivity index (χ1) is 14.1. The second kappa shape index (κ2) is 8.80. The van der Waals surface area contributed by atoms with Gasteiger partial charge >= 0.3 is 0 Å². The number of halogens is 1. The standard InChI is InChI=1S/C24H25FN2O2/c1-29-23(22-11-8-17-4-2-3-5-21(17)26-22)16-27-14-12-19(13-15-27)24(28)18-6-9-20(25)10-7-18/h2-11,19,23H,12-16H2,1H3. The number of benzene rings is 2. The van der Waals surface area contributed by atoms with Crippen LogP contribution in [-0.4, -0.2) is 42.4 Å². The number of carbonyl (C=O) groups excluding carboxylic acids is 1. The van der Waals surface area contributed by atoms with Crippen molar-refractivity contribution in [3.8, 4) is 0 Å². The van der Waals surface area contributed by atoms with Gasteiger partial charge in [0.25, 0.3) is 0 Å². The first-order valence-electron chi connectivity index (χ1n) is 10.0. The first kappa shape index (κ1) is 19.7. The lowest BCUT2D eigenvalue weighted by molar-refractivity contribution is 0.0464. The molecule has 3 aromatic rings. The van der Waals surface area contributed by atoms with Crippen LogP contribution in [0.25, 0.3) is 10.9 Å². The molecule has 4 rings (SSSR count). The Morgan fingerprint density at radius 3 is 2.55 bits per heavy atom. The van der Waals surface area contributed by atoms with Gasteiger partial charge in [-0.1, -0.05) is 24.3 Å². The number of methoxy groups -OCH3 is 1. The largest absolute Gasteiger partial charge is 0.374 e. The van der Waals surface area contributed by atoms with E-state index in [1.165, 1.54) is 12.1 Å². The van der Waals surface area contributed by atoms with Crippen molar-refractivity contribution >= 4 is 16.7 Å². The highest BCUT2D eigenvalue weighted by Crippen LogP contribution is 2.25. The molecule has 2 aromatic carbocycles. The molecule has 0 amide bonds. The summed E-state index contributed by atoms with van der Waals surface area (Å²) in [6.45, 7) is 2.43. The van der Waals surface area contributed by atoms with Gasteiger partial charge in [0.1, 0.15) is 11.9 Å². The minimum atomic E-state index is -0.315. The lowest BCUT2D eigenvalue weighted by atomic mass is 9.88. The van der Waals surface area contributed by atoms with E-state index in [0.717, 1.165) is 49.1 Å². The molecule has 1 aliphatic heterocycles. The Balaban J connectivity index is 1.37. The summed E-state index contributed by atoms with van der Waals surface area (Å²) in [4.78, 5) is 19.8. The van der Waals surface area contributed by atoms with Crippen LogP contribution in [0.4, 0.5) is 4.39 Å². The minimum Gasteiger partial charge on any atom is -0.374 e. The molecule has 1 atom stereocenters. The fourth-order valence-corrected chi connectivity index (χ4v) is 4.01. The normalized spacial score (nSPS) is 16.8. The third-order valence-corrected chi connectivity index (χ3v) is 5.75. The highest BCUT2D eigenvalue weighted by molar-refractivity contribution is 5.97. The zero-order valence-electron chi connectivity index (χ0n) is 16.6. The second-order valence-electron chi connectivity index (χ2n) is 7.60. The van der Waals surface area contributed by atoms with Crippen LogP contribution in [0.3, 0.4) is 0 Å². The van der Waals surface area contributed by atoms with Gasteiger partial charge in [-0.2, -0.15) is 0 Å². The zero-order valence-corrected chi connectivity index (χ0v) is 16.6. The summed E-state index contributed by atoms with van der Waals surface area (Å²) in [7, 11) is 1.71. The van der Waals surface area contributed by atoms with Gasteiger partial charge in [0.05, 0.1) is 11.2 Å². The number of piperidine rings is 1. The number of para-hydroxylation sites is 1. The van der Waals surface area contributed by atoms with Crippen LogP contribution in [0, 0.1) is 11.7 Å². The number of fused-ring (bicyclic) bond motifs is 1. The highest BCUT2D eigenvalue weighted by Gasteiger charge is 2.27. The Labute approximate surface area is 170 Å². The SMILES string of the molecule is COC(CN1CCC(C(=O)c2ccc(F)cc2)CC1)c1ccc2ccccc2n1. The Morgan fingerprint density at radius 2 is 1.83 bits per heavy atom. The van der Waals surface area contributed by atoms with Crippen LogP contribution >= 0.6 is 0 Å². The summed E-state index contributed by atoms with van der Waals surface area (Å²) in [6, 6.07) is 18.0. The maximum absolute atomic E-state index is 13.1. The number of nitrogens with zero attached hydrogens (tertiary/aromatic N) is 2. The highest BCUT2D eigenvalue weighted by atomic mass is 19.1. The zero-order chi connectivity index (χ0) is 20.2. The van der Waals surface area contributed by atoms with Crippen LogP contribution < -0.4 is 0 Å². The van der Waals surface area contributed by atoms with E-state index in [0.29, 0.717) is 5.56 Å². The summed E-state index contributed by atoms with van der Waals surface area (Å²) >= 11 is 0. The van der Waals surface area contributed by atoms with Gasteiger partial charge in [-0.05, 0) is 62.3 Å². The number of rotatable bonds is 6. The quantitative estimate of drug-likeness (QED) is 0.573. The van der Waals surface area contributed by atoms with Crippen molar-refractivity contribution in [1.82, 2.24) is 9.88 Å². The number of hydrogen-bond donors (Lipinski definition) is 0. The molecule has 0 saturated carbocycles. The van der Waals surface area contributed by atoms with E-state index >= 15 is 0 Å². The molecule has 1 unspecified atom stereocenters. The summed E-state index contributed by atoms with van der Waals surface area (Å²) in [5, 5.41) is 1.12. The van der Waals surface area contributed by atoms with Gasteiger partial charge in [-0.3, -0.25) is 9.78 Å². The predicted octanol–water partition coefficient (Wildman–Crippen LogP) is 4.66. The van der Waals surface area contributed by atoms with E-state index in [4.69, 9.17) is 9.72 Å². The van der Waals surface area contributed by atoms with Crippen molar-refractivity contribution in [2.75, 3.05) is 26.7 Å². The number of aromatic nitrogens is 1. The van der Waals surface area contributed by atoms with Gasteiger partial charge in [-0.15, -0.1) is 0 Å². The Kier molecular flexibility index (Phi) is 5.97. The molecule has 2 heterocycles. The van der Waals surface area contributed by atoms with Gasteiger partial charge in [0.2, 0.25) is 0 Å². The van der Waals surface area contributed by atoms with E-state index in [-0.39, 0.29) is 23.6 Å². The molecular formula is C24H25FN2O2. The molecule has 1 aliphatic rings. The van der Waals surface area contributed by atoms with Crippen LogP contribution in [0.2, 0.25) is 0 Å². The van der Waals surface area contributed by atoms with Crippen molar-refractivity contribution in [2.45, 2.75) is 18.9 Å². The summed E-state index contributed by atoms with van der Waals surface area (Å²) in [5.74, 6) is -0.204. The molecule has 1 aromatic heterocycles. The van der Waals surface area contributed by atoms with E-state index in [1.54, 1.807) is 19.2 Å². The van der Waals surface area contributed by atoms with E-state index in [1.807, 2.05) is 24.3 Å². The molecular weight excluding hydrogens is 367 g/mol. The molecule has 0 aliphatic carbocycles. The van der Waals surface area contributed by atoms with Gasteiger partial charge in [-0.25, -0.2) is 4.39 Å². The molecule has 0 N–H and O–H groups in total. The summed E-state index contributed by atoms with van der Waals surface area (Å²) in [6.07, 6.45) is 1.50. The van der Waals surface area contributed by atoms with Crippen LogP contribution in [0.15, 0.2) is 60.7 Å². The van der Waals surface area contributed by atoms with Crippen molar-refractivity contribution in [2.24, 2.45) is 5.92 Å². The Hall–Kier alpha value is -2.63. The summed E-state index contributed by atoms with van der Waals surface area (Å²) < 4.78 is 18.8. The van der Waals surface area contributed by atoms with Crippen molar-refractivity contribution in [3.05, 3.63) is 77.7 Å². The summed E-state index contributed by atoms with van der Waals surface area (Å²) in [5.41, 5.74) is 2.49. The number of hydrogen-bond acceptors (Lipinski definition) is 4. The average Bonchev–Trinajstić information content (AvgIpc) is 2.77. The fourth-order valence-electron chi connectivity index (χ4n) is 4.01. The molecule has 29 heavy (non-hydrogen) atoms. The molecule has 1 saturated heterocycles. The maximum atomic E-state index is 13.1. The number of ether oxygens (including phenoxy) is 1. The van der Waals surface area contributed by atoms with Crippen molar-refractivity contribution in [3.63, 3.8) is 0 Å². The van der Waals surface area contributed by atoms with Crippen LogP contribution in [0.5, 0.6) is 0 Å². The lowest BCUT2D eigenvalue weighted by Gasteiger charge is -2.33. The molecule has 5 heteroatoms. The van der Waals surface area contributed by atoms with Gasteiger partial charge in [0, 0.05) is 30.5 Å². The molecule has 4 nitrogen and oxygen atoms in total. The molecule has 0 radical (unpaired) electrons. The third kappa shape index (κ3) is 4.52. The third-order valence-electron chi connectivity index (χ3n) is 5.75. The van der Waals surface area contributed by atoms with Crippen molar-refractivity contribution < 1.29 is 13.9 Å². The molecule has 1 fully saturated rings. The monoisotopic (exact) mass is 392 g/mol. The maximum Gasteiger partial charge on any atom is 0.166 e. The van der Waals surface area contributed by atoms with Gasteiger partial charge in [0.15, 0.2) is 5.78 Å². The Bertz CT molecular complexity index is 982. The van der Waals surface area contributed by atoms with E-state index in [2.05, 4.69) is 17.0 Å². The number of carbonyl (C=O) groups is 1. The number of pyridine rings is 1. The fraction of sp³-hybridized carbons (Fsp3) is 0.333. The number of ketones is 1. The van der Waals surface area contributed by atoms with Gasteiger partial charge < -0.3 is 9.64 Å². The number of likely N-dealkylation sites (tertiary alicyclic amines) is 1. The smallest absolute Gasteiger partial charge is 0.166 e. The Morgan fingerprint density at radius 1 is 1.10 bits per heavy atom. The van der Waals surface area contributed by atoms with Crippen molar-refractivity contribution in [1.29, 1.82) is 0 Å². The number of Topliss-reactive ketones (excluding diaryl/α,β-unsaturated/α-hetero) is 1. The minimum absolute atomic E-state index is 0.00324. The lowest BCUT2D eigenvalue weighted by Crippen LogP contribution is -2.39. The van der Waals surface area contributed by atoms with Crippen LogP contribution in [0.1, 0.15) is 35.0 Å². The molecule has 0 spiro atoms.